The Hall–Kier alpha value is -1.16. The average Bonchev–Trinajstić information content (AvgIpc) is 2.28. The number of hydrogen-bond donors (Lipinski definition) is 1. The van der Waals surface area contributed by atoms with Gasteiger partial charge in [-0.25, -0.2) is 0 Å². The standard InChI is InChI=1S/C15H23NO2S/c1-11-8-6-7-9-13(11)10-19(18)12(2)14(17)16-15(3,4)5/h6-9,12H,10H2,1-5H3,(H,16,17). The minimum atomic E-state index is -1.20. The maximum absolute atomic E-state index is 12.2. The van der Waals surface area contributed by atoms with Gasteiger partial charge in [-0.05, 0) is 45.7 Å². The molecule has 1 aromatic carbocycles. The van der Waals surface area contributed by atoms with Gasteiger partial charge in [0.25, 0.3) is 0 Å². The van der Waals surface area contributed by atoms with Gasteiger partial charge in [-0.3, -0.25) is 9.00 Å². The van der Waals surface area contributed by atoms with Gasteiger partial charge in [0.15, 0.2) is 0 Å². The summed E-state index contributed by atoms with van der Waals surface area (Å²) in [6.45, 7) is 9.47. The van der Waals surface area contributed by atoms with E-state index in [4.69, 9.17) is 0 Å². The summed E-state index contributed by atoms with van der Waals surface area (Å²) in [5.41, 5.74) is 1.86. The minimum absolute atomic E-state index is 0.153. The van der Waals surface area contributed by atoms with E-state index in [2.05, 4.69) is 5.32 Å². The van der Waals surface area contributed by atoms with Crippen molar-refractivity contribution in [2.24, 2.45) is 0 Å². The van der Waals surface area contributed by atoms with Crippen LogP contribution in [0.4, 0.5) is 0 Å². The van der Waals surface area contributed by atoms with Gasteiger partial charge in [0, 0.05) is 22.1 Å². The normalized spacial score (nSPS) is 14.8. The lowest BCUT2D eigenvalue weighted by Crippen LogP contribution is -2.46. The largest absolute Gasteiger partial charge is 0.350 e. The highest BCUT2D eigenvalue weighted by molar-refractivity contribution is 7.85. The Kier molecular flexibility index (Phi) is 5.29. The van der Waals surface area contributed by atoms with Gasteiger partial charge in [0.2, 0.25) is 5.91 Å². The Balaban J connectivity index is 2.68. The van der Waals surface area contributed by atoms with Gasteiger partial charge in [-0.1, -0.05) is 24.3 Å². The third-order valence-corrected chi connectivity index (χ3v) is 4.42. The highest BCUT2D eigenvalue weighted by Gasteiger charge is 2.24. The molecule has 0 bridgehead atoms. The number of benzene rings is 1. The van der Waals surface area contributed by atoms with Crippen LogP contribution < -0.4 is 5.32 Å². The molecule has 0 aliphatic heterocycles. The molecule has 0 saturated heterocycles. The summed E-state index contributed by atoms with van der Waals surface area (Å²) in [5, 5.41) is 2.37. The summed E-state index contributed by atoms with van der Waals surface area (Å²) in [6, 6.07) is 7.84. The van der Waals surface area contributed by atoms with E-state index in [9.17, 15) is 9.00 Å². The van der Waals surface area contributed by atoms with Gasteiger partial charge < -0.3 is 5.32 Å². The smallest absolute Gasteiger partial charge is 0.235 e. The molecule has 106 valence electrons. The molecule has 0 heterocycles. The Labute approximate surface area is 118 Å². The van der Waals surface area contributed by atoms with E-state index >= 15 is 0 Å². The van der Waals surface area contributed by atoms with Crippen LogP contribution >= 0.6 is 0 Å². The number of nitrogens with one attached hydrogen (secondary N) is 1. The topological polar surface area (TPSA) is 46.2 Å². The molecule has 0 fully saturated rings. The molecule has 3 nitrogen and oxygen atoms in total. The van der Waals surface area contributed by atoms with Crippen LogP contribution in [-0.2, 0) is 21.3 Å². The first-order valence-corrected chi connectivity index (χ1v) is 7.82. The lowest BCUT2D eigenvalue weighted by Gasteiger charge is -2.23. The number of carbonyl (C=O) groups is 1. The van der Waals surface area contributed by atoms with Crippen molar-refractivity contribution in [3.05, 3.63) is 35.4 Å². The number of carbonyl (C=O) groups excluding carboxylic acids is 1. The first-order valence-electron chi connectivity index (χ1n) is 6.44. The molecule has 1 N–H and O–H groups in total. The molecule has 0 spiro atoms. The second-order valence-electron chi connectivity index (χ2n) is 5.83. The van der Waals surface area contributed by atoms with E-state index in [-0.39, 0.29) is 11.4 Å². The van der Waals surface area contributed by atoms with E-state index < -0.39 is 16.0 Å². The number of rotatable bonds is 4. The predicted molar refractivity (Wildman–Crippen MR) is 80.4 cm³/mol. The van der Waals surface area contributed by atoms with E-state index in [1.807, 2.05) is 52.0 Å². The van der Waals surface area contributed by atoms with Gasteiger partial charge in [0.05, 0.1) is 0 Å². The Morgan fingerprint density at radius 1 is 1.32 bits per heavy atom. The fourth-order valence-electron chi connectivity index (χ4n) is 1.64. The van der Waals surface area contributed by atoms with Crippen molar-refractivity contribution in [3.63, 3.8) is 0 Å². The highest BCUT2D eigenvalue weighted by atomic mass is 32.2. The van der Waals surface area contributed by atoms with Crippen LogP contribution in [0.15, 0.2) is 24.3 Å². The molecular formula is C15H23NO2S. The van der Waals surface area contributed by atoms with Crippen LogP contribution in [0.1, 0.15) is 38.8 Å². The zero-order valence-corrected chi connectivity index (χ0v) is 13.1. The molecule has 0 aromatic heterocycles. The lowest BCUT2D eigenvalue weighted by molar-refractivity contribution is -0.121. The van der Waals surface area contributed by atoms with Crippen LogP contribution in [-0.4, -0.2) is 20.9 Å². The molecule has 0 aliphatic rings. The summed E-state index contributed by atoms with van der Waals surface area (Å²) >= 11 is 0. The van der Waals surface area contributed by atoms with Crippen LogP contribution in [0.2, 0.25) is 0 Å². The monoisotopic (exact) mass is 281 g/mol. The summed E-state index contributed by atoms with van der Waals surface area (Å²) in [5.74, 6) is 0.269. The van der Waals surface area contributed by atoms with Crippen molar-refractivity contribution in [1.29, 1.82) is 0 Å². The molecule has 2 atom stereocenters. The molecule has 0 saturated carbocycles. The van der Waals surface area contributed by atoms with Crippen molar-refractivity contribution < 1.29 is 9.00 Å². The van der Waals surface area contributed by atoms with Crippen molar-refractivity contribution in [1.82, 2.24) is 5.32 Å². The van der Waals surface area contributed by atoms with Crippen LogP contribution in [0.25, 0.3) is 0 Å². The van der Waals surface area contributed by atoms with Crippen molar-refractivity contribution in [3.8, 4) is 0 Å². The fraction of sp³-hybridized carbons (Fsp3) is 0.533. The summed E-state index contributed by atoms with van der Waals surface area (Å²) in [6.07, 6.45) is 0. The molecule has 19 heavy (non-hydrogen) atoms. The van der Waals surface area contributed by atoms with Crippen molar-refractivity contribution in [2.45, 2.75) is 51.2 Å². The molecule has 1 amide bonds. The van der Waals surface area contributed by atoms with E-state index in [0.717, 1.165) is 11.1 Å². The molecule has 0 radical (unpaired) electrons. The van der Waals surface area contributed by atoms with E-state index in [1.54, 1.807) is 6.92 Å². The van der Waals surface area contributed by atoms with E-state index in [1.165, 1.54) is 0 Å². The molecular weight excluding hydrogens is 258 g/mol. The third kappa shape index (κ3) is 5.15. The molecule has 1 rings (SSSR count). The van der Waals surface area contributed by atoms with Crippen molar-refractivity contribution in [2.75, 3.05) is 0 Å². The predicted octanol–water partition coefficient (Wildman–Crippen LogP) is 2.55. The fourth-order valence-corrected chi connectivity index (χ4v) is 2.82. The van der Waals surface area contributed by atoms with Crippen LogP contribution in [0.3, 0.4) is 0 Å². The van der Waals surface area contributed by atoms with Crippen molar-refractivity contribution >= 4 is 16.7 Å². The number of amides is 1. The van der Waals surface area contributed by atoms with Gasteiger partial charge >= 0.3 is 0 Å². The van der Waals surface area contributed by atoms with E-state index in [0.29, 0.717) is 5.75 Å². The maximum Gasteiger partial charge on any atom is 0.235 e. The SMILES string of the molecule is Cc1ccccc1CS(=O)C(C)C(=O)NC(C)(C)C. The Morgan fingerprint density at radius 3 is 2.42 bits per heavy atom. The third-order valence-electron chi connectivity index (χ3n) is 2.82. The zero-order chi connectivity index (χ0) is 14.6. The second kappa shape index (κ2) is 6.33. The summed E-state index contributed by atoms with van der Waals surface area (Å²) in [4.78, 5) is 12.0. The number of hydrogen-bond acceptors (Lipinski definition) is 2. The molecule has 2 unspecified atom stereocenters. The molecule has 0 aliphatic carbocycles. The van der Waals surface area contributed by atoms with Crippen LogP contribution in [0, 0.1) is 6.92 Å². The average molecular weight is 281 g/mol. The summed E-state index contributed by atoms with van der Waals surface area (Å²) in [7, 11) is -1.20. The highest BCUT2D eigenvalue weighted by Crippen LogP contribution is 2.13. The molecule has 4 heteroatoms. The lowest BCUT2D eigenvalue weighted by atomic mass is 10.1. The summed E-state index contributed by atoms with van der Waals surface area (Å²) < 4.78 is 12.2. The maximum atomic E-state index is 12.2. The zero-order valence-electron chi connectivity index (χ0n) is 12.3. The molecule has 1 aromatic rings. The first kappa shape index (κ1) is 15.9. The Morgan fingerprint density at radius 2 is 1.89 bits per heavy atom. The number of aryl methyl sites for hydroxylation is 1. The van der Waals surface area contributed by atoms with Gasteiger partial charge in [-0.2, -0.15) is 0 Å². The van der Waals surface area contributed by atoms with Crippen LogP contribution in [0.5, 0.6) is 0 Å². The minimum Gasteiger partial charge on any atom is -0.350 e. The Bertz CT molecular complexity index is 477. The quantitative estimate of drug-likeness (QED) is 0.922. The van der Waals surface area contributed by atoms with Gasteiger partial charge in [-0.15, -0.1) is 0 Å². The van der Waals surface area contributed by atoms with Gasteiger partial charge in [0.1, 0.15) is 5.25 Å². The second-order valence-corrected chi connectivity index (χ2v) is 7.59. The first-order chi connectivity index (χ1) is 8.70.